The standard InChI is InChI=1S/C20H19N7O/c1-13-10-14(4-6-22-13)16-2-3-17-19(24-16)27(15-5-9-26(17)12-15)20(28)25-18-11-21-7-8-23-18/h2-4,6-8,10-11,15H,5,9,12H2,1H3,(H,23,25,28)/t15-/m0/s1. The molecule has 3 aromatic rings. The lowest BCUT2D eigenvalue weighted by molar-refractivity contribution is 0.254. The Morgan fingerprint density at radius 1 is 1.18 bits per heavy atom. The molecule has 140 valence electrons. The van der Waals surface area contributed by atoms with Crippen molar-refractivity contribution in [3.05, 3.63) is 54.7 Å². The molecule has 0 unspecified atom stereocenters. The van der Waals surface area contributed by atoms with Gasteiger partial charge in [0.2, 0.25) is 0 Å². The fraction of sp³-hybridized carbons (Fsp3) is 0.250. The topological polar surface area (TPSA) is 87.1 Å². The largest absolute Gasteiger partial charge is 0.366 e. The van der Waals surface area contributed by atoms with Crippen LogP contribution in [0, 0.1) is 6.92 Å². The van der Waals surface area contributed by atoms with Gasteiger partial charge in [0.1, 0.15) is 0 Å². The number of aryl methyl sites for hydroxylation is 1. The Kier molecular flexibility index (Phi) is 3.89. The van der Waals surface area contributed by atoms with Crippen molar-refractivity contribution in [2.45, 2.75) is 19.4 Å². The van der Waals surface area contributed by atoms with E-state index in [0.717, 1.165) is 42.1 Å². The number of fused-ring (bicyclic) bond motifs is 4. The Hall–Kier alpha value is -3.55. The lowest BCUT2D eigenvalue weighted by atomic mass is 10.1. The number of nitrogens with one attached hydrogen (secondary N) is 1. The minimum atomic E-state index is -0.233. The van der Waals surface area contributed by atoms with Gasteiger partial charge in [-0.05, 0) is 37.6 Å². The van der Waals surface area contributed by atoms with E-state index in [-0.39, 0.29) is 12.1 Å². The normalized spacial score (nSPS) is 17.4. The number of nitrogens with zero attached hydrogens (tertiary/aromatic N) is 6. The predicted molar refractivity (Wildman–Crippen MR) is 106 cm³/mol. The molecule has 0 spiro atoms. The highest BCUT2D eigenvalue weighted by Crippen LogP contribution is 2.40. The van der Waals surface area contributed by atoms with Crippen molar-refractivity contribution in [3.63, 3.8) is 0 Å². The first kappa shape index (κ1) is 16.6. The van der Waals surface area contributed by atoms with E-state index in [9.17, 15) is 4.79 Å². The van der Waals surface area contributed by atoms with Gasteiger partial charge in [0.25, 0.3) is 0 Å². The lowest BCUT2D eigenvalue weighted by Gasteiger charge is -2.35. The van der Waals surface area contributed by atoms with Gasteiger partial charge in [0.05, 0.1) is 23.6 Å². The maximum absolute atomic E-state index is 13.1. The van der Waals surface area contributed by atoms with Crippen LogP contribution in [0.15, 0.2) is 49.1 Å². The van der Waals surface area contributed by atoms with Crippen LogP contribution in [-0.4, -0.2) is 45.1 Å². The van der Waals surface area contributed by atoms with Crippen molar-refractivity contribution < 1.29 is 4.79 Å². The fourth-order valence-corrected chi connectivity index (χ4v) is 3.87. The Morgan fingerprint density at radius 3 is 2.93 bits per heavy atom. The Morgan fingerprint density at radius 2 is 2.11 bits per heavy atom. The molecule has 0 radical (unpaired) electrons. The molecule has 0 saturated carbocycles. The molecular weight excluding hydrogens is 354 g/mol. The van der Waals surface area contributed by atoms with Crippen LogP contribution in [0.25, 0.3) is 11.3 Å². The zero-order valence-corrected chi connectivity index (χ0v) is 15.4. The molecule has 1 saturated heterocycles. The molecule has 28 heavy (non-hydrogen) atoms. The maximum Gasteiger partial charge on any atom is 0.329 e. The van der Waals surface area contributed by atoms with E-state index in [1.165, 1.54) is 6.20 Å². The molecule has 5 heterocycles. The number of hydrogen-bond donors (Lipinski definition) is 1. The smallest absolute Gasteiger partial charge is 0.329 e. The molecular formula is C20H19N7O. The van der Waals surface area contributed by atoms with Crippen molar-refractivity contribution in [2.75, 3.05) is 28.2 Å². The molecule has 0 aromatic carbocycles. The van der Waals surface area contributed by atoms with E-state index >= 15 is 0 Å². The fourth-order valence-electron chi connectivity index (χ4n) is 3.87. The molecule has 1 fully saturated rings. The van der Waals surface area contributed by atoms with Crippen molar-refractivity contribution in [1.82, 2.24) is 19.9 Å². The first-order chi connectivity index (χ1) is 13.7. The molecule has 3 aromatic heterocycles. The van der Waals surface area contributed by atoms with Crippen molar-refractivity contribution in [3.8, 4) is 11.3 Å². The number of carbonyl (C=O) groups is 1. The van der Waals surface area contributed by atoms with Crippen LogP contribution in [0.4, 0.5) is 22.1 Å². The molecule has 1 atom stereocenters. The van der Waals surface area contributed by atoms with Crippen LogP contribution in [0.1, 0.15) is 12.1 Å². The highest BCUT2D eigenvalue weighted by atomic mass is 16.2. The maximum atomic E-state index is 13.1. The van der Waals surface area contributed by atoms with Gasteiger partial charge in [-0.25, -0.2) is 14.8 Å². The van der Waals surface area contributed by atoms with Crippen LogP contribution < -0.4 is 15.1 Å². The van der Waals surface area contributed by atoms with Gasteiger partial charge in [-0.1, -0.05) is 0 Å². The second-order valence-corrected chi connectivity index (χ2v) is 7.00. The number of pyridine rings is 2. The van der Waals surface area contributed by atoms with Gasteiger partial charge in [-0.15, -0.1) is 0 Å². The number of urea groups is 1. The lowest BCUT2D eigenvalue weighted by Crippen LogP contribution is -2.48. The molecule has 2 aliphatic rings. The monoisotopic (exact) mass is 373 g/mol. The number of hydrogen-bond acceptors (Lipinski definition) is 6. The number of carbonyl (C=O) groups excluding carboxylic acids is 1. The van der Waals surface area contributed by atoms with Crippen LogP contribution in [0.2, 0.25) is 0 Å². The van der Waals surface area contributed by atoms with Gasteiger partial charge in [0.15, 0.2) is 11.6 Å². The van der Waals surface area contributed by atoms with Gasteiger partial charge < -0.3 is 4.90 Å². The number of anilines is 3. The van der Waals surface area contributed by atoms with Crippen LogP contribution >= 0.6 is 0 Å². The molecule has 2 amide bonds. The minimum absolute atomic E-state index is 0.0890. The summed E-state index contributed by atoms with van der Waals surface area (Å²) in [6.45, 7) is 3.69. The summed E-state index contributed by atoms with van der Waals surface area (Å²) in [5, 5.41) is 2.85. The highest BCUT2D eigenvalue weighted by Gasteiger charge is 2.40. The third-order valence-electron chi connectivity index (χ3n) is 5.16. The summed E-state index contributed by atoms with van der Waals surface area (Å²) in [5.74, 6) is 1.11. The van der Waals surface area contributed by atoms with Gasteiger partial charge in [-0.3, -0.25) is 20.2 Å². The number of aromatic nitrogens is 4. The summed E-state index contributed by atoms with van der Waals surface area (Å²) < 4.78 is 0. The van der Waals surface area contributed by atoms with E-state index in [2.05, 4.69) is 31.2 Å². The molecule has 2 aliphatic heterocycles. The third kappa shape index (κ3) is 2.83. The van der Waals surface area contributed by atoms with E-state index < -0.39 is 0 Å². The average Bonchev–Trinajstić information content (AvgIpc) is 3.13. The zero-order chi connectivity index (χ0) is 19.1. The highest BCUT2D eigenvalue weighted by molar-refractivity contribution is 6.04. The van der Waals surface area contributed by atoms with Crippen LogP contribution in [0.3, 0.4) is 0 Å². The first-order valence-electron chi connectivity index (χ1n) is 9.24. The second kappa shape index (κ2) is 6.56. The summed E-state index contributed by atoms with van der Waals surface area (Å²) in [5.41, 5.74) is 3.72. The van der Waals surface area contributed by atoms with E-state index in [0.29, 0.717) is 11.6 Å². The van der Waals surface area contributed by atoms with Crippen LogP contribution in [0.5, 0.6) is 0 Å². The summed E-state index contributed by atoms with van der Waals surface area (Å²) >= 11 is 0. The third-order valence-corrected chi connectivity index (χ3v) is 5.16. The zero-order valence-electron chi connectivity index (χ0n) is 15.4. The van der Waals surface area contributed by atoms with Gasteiger partial charge in [0, 0.05) is 42.9 Å². The van der Waals surface area contributed by atoms with Crippen molar-refractivity contribution in [1.29, 1.82) is 0 Å². The van der Waals surface area contributed by atoms with Crippen LogP contribution in [-0.2, 0) is 0 Å². The van der Waals surface area contributed by atoms with Crippen molar-refractivity contribution in [2.24, 2.45) is 0 Å². The molecule has 0 aliphatic carbocycles. The summed E-state index contributed by atoms with van der Waals surface area (Å²) in [7, 11) is 0. The predicted octanol–water partition coefficient (Wildman–Crippen LogP) is 2.87. The SMILES string of the molecule is Cc1cc(-c2ccc3c(n2)N(C(=O)Nc2cnccn2)[C@H]2CCN3C2)ccn1. The summed E-state index contributed by atoms with van der Waals surface area (Å²) in [4.78, 5) is 34.4. The molecule has 8 heteroatoms. The molecule has 5 rings (SSSR count). The average molecular weight is 373 g/mol. The number of rotatable bonds is 2. The van der Waals surface area contributed by atoms with Gasteiger partial charge >= 0.3 is 6.03 Å². The minimum Gasteiger partial charge on any atom is -0.366 e. The quantitative estimate of drug-likeness (QED) is 0.743. The number of amides is 2. The van der Waals surface area contributed by atoms with E-state index in [1.54, 1.807) is 23.5 Å². The van der Waals surface area contributed by atoms with E-state index in [1.807, 2.05) is 25.1 Å². The molecule has 2 bridgehead atoms. The Bertz CT molecular complexity index is 1040. The molecule has 1 N–H and O–H groups in total. The van der Waals surface area contributed by atoms with Crippen molar-refractivity contribution >= 4 is 23.4 Å². The summed E-state index contributed by atoms with van der Waals surface area (Å²) in [6.07, 6.45) is 7.35. The summed E-state index contributed by atoms with van der Waals surface area (Å²) in [6, 6.07) is 7.84. The second-order valence-electron chi connectivity index (χ2n) is 7.00. The van der Waals surface area contributed by atoms with E-state index in [4.69, 9.17) is 4.98 Å². The Balaban J connectivity index is 1.54. The first-order valence-corrected chi connectivity index (χ1v) is 9.24. The van der Waals surface area contributed by atoms with Gasteiger partial charge in [-0.2, -0.15) is 0 Å². The molecule has 8 nitrogen and oxygen atoms in total. The Labute approximate surface area is 162 Å².